The molecule has 0 saturated carbocycles. The lowest BCUT2D eigenvalue weighted by atomic mass is 10.0. The molecule has 1 aromatic heterocycles. The van der Waals surface area contributed by atoms with E-state index in [4.69, 9.17) is 5.84 Å². The smallest absolute Gasteiger partial charge is 0.223 e. The minimum absolute atomic E-state index is 0.169. The van der Waals surface area contributed by atoms with Crippen molar-refractivity contribution in [1.29, 1.82) is 0 Å². The molecule has 0 radical (unpaired) electrons. The van der Waals surface area contributed by atoms with Gasteiger partial charge in [0.15, 0.2) is 15.0 Å². The van der Waals surface area contributed by atoms with Gasteiger partial charge in [0.05, 0.1) is 16.3 Å². The Balaban J connectivity index is 1.76. The molecule has 168 valence electrons. The lowest BCUT2D eigenvalue weighted by Crippen LogP contribution is -2.18. The standard InChI is InChI=1S/C22H25N5O3S2/c1-15(28)26-22-27-20(12-7-16-3-8-18(9-4-16)24-14-25-23)21(31-22)13-17-5-10-19(11-6-17)32(2,29)30/h3-6,8-11,14H,7,12-13,23H2,1-2H3,(H,24,25)(H,26,27,28). The van der Waals surface area contributed by atoms with Crippen LogP contribution in [0, 0.1) is 0 Å². The van der Waals surface area contributed by atoms with Crippen molar-refractivity contribution in [2.75, 3.05) is 11.6 Å². The molecule has 0 aliphatic heterocycles. The van der Waals surface area contributed by atoms with Crippen LogP contribution in [-0.2, 0) is 33.9 Å². The highest BCUT2D eigenvalue weighted by molar-refractivity contribution is 7.90. The molecule has 10 heteroatoms. The van der Waals surface area contributed by atoms with Crippen LogP contribution in [0.5, 0.6) is 0 Å². The van der Waals surface area contributed by atoms with Crippen LogP contribution in [-0.4, -0.2) is 31.9 Å². The van der Waals surface area contributed by atoms with Crippen LogP contribution in [0.1, 0.15) is 28.6 Å². The highest BCUT2D eigenvalue weighted by Gasteiger charge is 2.14. The van der Waals surface area contributed by atoms with Gasteiger partial charge in [0.2, 0.25) is 5.91 Å². The van der Waals surface area contributed by atoms with Gasteiger partial charge < -0.3 is 10.7 Å². The number of anilines is 1. The highest BCUT2D eigenvalue weighted by atomic mass is 32.2. The molecule has 1 amide bonds. The minimum atomic E-state index is -3.23. The van der Waals surface area contributed by atoms with Crippen LogP contribution in [0.25, 0.3) is 0 Å². The van der Waals surface area contributed by atoms with E-state index < -0.39 is 9.84 Å². The lowest BCUT2D eigenvalue weighted by Gasteiger charge is -2.05. The van der Waals surface area contributed by atoms with Crippen molar-refractivity contribution in [2.45, 2.75) is 31.1 Å². The molecule has 4 N–H and O–H groups in total. The molecule has 0 unspecified atom stereocenters. The number of nitrogens with one attached hydrogen (secondary N) is 2. The normalized spacial score (nSPS) is 11.6. The zero-order valence-electron chi connectivity index (χ0n) is 17.8. The van der Waals surface area contributed by atoms with Gasteiger partial charge in [0.25, 0.3) is 0 Å². The van der Waals surface area contributed by atoms with Gasteiger partial charge in [-0.3, -0.25) is 4.79 Å². The van der Waals surface area contributed by atoms with Crippen LogP contribution < -0.4 is 16.6 Å². The molecule has 3 rings (SSSR count). The number of sulfone groups is 1. The van der Waals surface area contributed by atoms with Crippen LogP contribution in [0.4, 0.5) is 10.8 Å². The summed E-state index contributed by atoms with van der Waals surface area (Å²) in [6, 6.07) is 14.7. The third kappa shape index (κ3) is 6.71. The Kier molecular flexibility index (Phi) is 7.73. The van der Waals surface area contributed by atoms with Crippen molar-refractivity contribution in [3.05, 3.63) is 70.2 Å². The van der Waals surface area contributed by atoms with Crippen molar-refractivity contribution in [3.8, 4) is 0 Å². The van der Waals surface area contributed by atoms with Gasteiger partial charge in [-0.2, -0.15) is 0 Å². The maximum absolute atomic E-state index is 11.7. The average Bonchev–Trinajstić information content (AvgIpc) is 3.11. The number of carbonyl (C=O) groups excluding carboxylic acids is 1. The van der Waals surface area contributed by atoms with E-state index in [0.717, 1.165) is 33.8 Å². The van der Waals surface area contributed by atoms with Crippen molar-refractivity contribution < 1.29 is 13.2 Å². The van der Waals surface area contributed by atoms with Crippen molar-refractivity contribution in [1.82, 2.24) is 10.4 Å². The first-order chi connectivity index (χ1) is 15.2. The number of amides is 1. The van der Waals surface area contributed by atoms with E-state index in [9.17, 15) is 13.2 Å². The summed E-state index contributed by atoms with van der Waals surface area (Å²) in [5.74, 6) is 5.02. The maximum Gasteiger partial charge on any atom is 0.223 e. The summed E-state index contributed by atoms with van der Waals surface area (Å²) >= 11 is 1.44. The molecule has 32 heavy (non-hydrogen) atoms. The van der Waals surface area contributed by atoms with Gasteiger partial charge in [-0.25, -0.2) is 24.2 Å². The van der Waals surface area contributed by atoms with Gasteiger partial charge in [-0.15, -0.1) is 11.3 Å². The number of hydrogen-bond donors (Lipinski definition) is 3. The van der Waals surface area contributed by atoms with Gasteiger partial charge in [-0.05, 0) is 48.2 Å². The Hall–Kier alpha value is -3.08. The third-order valence-corrected chi connectivity index (χ3v) is 6.79. The topological polar surface area (TPSA) is 127 Å². The van der Waals surface area contributed by atoms with Crippen LogP contribution in [0.3, 0.4) is 0 Å². The summed E-state index contributed by atoms with van der Waals surface area (Å²) in [4.78, 5) is 21.6. The summed E-state index contributed by atoms with van der Waals surface area (Å²) in [5.41, 5.74) is 6.21. The van der Waals surface area contributed by atoms with Gasteiger partial charge >= 0.3 is 0 Å². The number of carbonyl (C=O) groups is 1. The first-order valence-electron chi connectivity index (χ1n) is 9.87. The number of aliphatic imine (C=N–C) groups is 1. The molecule has 0 aliphatic carbocycles. The second-order valence-corrected chi connectivity index (χ2v) is 10.4. The quantitative estimate of drug-likeness (QED) is 0.191. The molecule has 0 spiro atoms. The molecule has 0 bridgehead atoms. The summed E-state index contributed by atoms with van der Waals surface area (Å²) in [7, 11) is -3.23. The summed E-state index contributed by atoms with van der Waals surface area (Å²) in [5, 5.41) is 3.33. The summed E-state index contributed by atoms with van der Waals surface area (Å²) in [6.07, 6.45) is 4.71. The third-order valence-electron chi connectivity index (χ3n) is 4.65. The number of thiazole rings is 1. The van der Waals surface area contributed by atoms with E-state index in [0.29, 0.717) is 22.9 Å². The van der Waals surface area contributed by atoms with Gasteiger partial charge in [-0.1, -0.05) is 24.3 Å². The second-order valence-electron chi connectivity index (χ2n) is 7.25. The molecule has 0 atom stereocenters. The number of benzene rings is 2. The second kappa shape index (κ2) is 10.5. The van der Waals surface area contributed by atoms with Crippen LogP contribution in [0.15, 0.2) is 58.4 Å². The number of nitrogens with two attached hydrogens (primary N) is 1. The van der Waals surface area contributed by atoms with E-state index >= 15 is 0 Å². The molecule has 2 aromatic carbocycles. The largest absolute Gasteiger partial charge is 0.315 e. The SMILES string of the molecule is CC(=O)Nc1nc(CCc2ccc(N=CNN)cc2)c(Cc2ccc(S(C)(=O)=O)cc2)s1. The number of rotatable bonds is 9. The molecule has 1 heterocycles. The highest BCUT2D eigenvalue weighted by Crippen LogP contribution is 2.27. The van der Waals surface area contributed by atoms with Gasteiger partial charge in [0.1, 0.15) is 6.34 Å². The number of aryl methyl sites for hydroxylation is 2. The van der Waals surface area contributed by atoms with E-state index in [2.05, 4.69) is 20.7 Å². The summed E-state index contributed by atoms with van der Waals surface area (Å²) in [6.45, 7) is 1.45. The van der Waals surface area contributed by atoms with Crippen molar-refractivity contribution in [2.24, 2.45) is 10.8 Å². The zero-order valence-corrected chi connectivity index (χ0v) is 19.5. The molecule has 0 fully saturated rings. The average molecular weight is 472 g/mol. The Labute approximate surface area is 191 Å². The predicted octanol–water partition coefficient (Wildman–Crippen LogP) is 3.00. The lowest BCUT2D eigenvalue weighted by molar-refractivity contribution is -0.114. The number of nitrogens with zero attached hydrogens (tertiary/aromatic N) is 2. The molecular weight excluding hydrogens is 446 g/mol. The number of hydrazine groups is 1. The van der Waals surface area contributed by atoms with Crippen LogP contribution in [0.2, 0.25) is 0 Å². The van der Waals surface area contributed by atoms with Crippen molar-refractivity contribution >= 4 is 44.2 Å². The fraction of sp³-hybridized carbons (Fsp3) is 0.227. The van der Waals surface area contributed by atoms with Crippen LogP contribution >= 0.6 is 11.3 Å². The predicted molar refractivity (Wildman–Crippen MR) is 128 cm³/mol. The van der Waals surface area contributed by atoms with Crippen molar-refractivity contribution in [3.63, 3.8) is 0 Å². The van der Waals surface area contributed by atoms with E-state index in [1.54, 1.807) is 12.1 Å². The van der Waals surface area contributed by atoms with E-state index in [1.807, 2.05) is 36.4 Å². The first kappa shape index (κ1) is 23.6. The van der Waals surface area contributed by atoms with E-state index in [1.165, 1.54) is 30.9 Å². The number of hydrogen-bond acceptors (Lipinski definition) is 7. The fourth-order valence-corrected chi connectivity index (χ4v) is 4.80. The Morgan fingerprint density at radius 3 is 2.34 bits per heavy atom. The van der Waals surface area contributed by atoms with E-state index in [-0.39, 0.29) is 5.91 Å². The molecular formula is C22H25N5O3S2. The zero-order chi connectivity index (χ0) is 23.1. The maximum atomic E-state index is 11.7. The summed E-state index contributed by atoms with van der Waals surface area (Å²) < 4.78 is 23.4. The monoisotopic (exact) mass is 471 g/mol. The number of aromatic nitrogens is 1. The minimum Gasteiger partial charge on any atom is -0.315 e. The molecule has 0 aliphatic rings. The molecule has 3 aromatic rings. The fourth-order valence-electron chi connectivity index (χ4n) is 3.08. The Morgan fingerprint density at radius 2 is 1.75 bits per heavy atom. The Bertz CT molecular complexity index is 1200. The van der Waals surface area contributed by atoms with Gasteiger partial charge in [0, 0.05) is 24.5 Å². The first-order valence-corrected chi connectivity index (χ1v) is 12.6. The molecule has 0 saturated heterocycles. The Morgan fingerprint density at radius 1 is 1.09 bits per heavy atom. The molecule has 8 nitrogen and oxygen atoms in total.